The number of hydrogen-bond donors (Lipinski definition) is 2. The third-order valence-corrected chi connectivity index (χ3v) is 5.12. The predicted molar refractivity (Wildman–Crippen MR) is 101 cm³/mol. The van der Waals surface area contributed by atoms with Crippen LogP contribution in [-0.2, 0) is 6.42 Å². The molecule has 1 fully saturated rings. The van der Waals surface area contributed by atoms with E-state index in [1.54, 1.807) is 0 Å². The van der Waals surface area contributed by atoms with Gasteiger partial charge in [-0.25, -0.2) is 0 Å². The molecule has 1 aromatic rings. The first-order chi connectivity index (χ1) is 11.3. The zero-order chi connectivity index (χ0) is 16.3. The molecule has 1 saturated heterocycles. The van der Waals surface area contributed by atoms with Crippen molar-refractivity contribution >= 4 is 17.3 Å². The summed E-state index contributed by atoms with van der Waals surface area (Å²) in [5, 5.41) is 8.90. The first kappa shape index (κ1) is 18.2. The molecule has 0 spiro atoms. The number of hydrogen-bond acceptors (Lipinski definition) is 4. The van der Waals surface area contributed by atoms with Gasteiger partial charge in [0.1, 0.15) is 0 Å². The summed E-state index contributed by atoms with van der Waals surface area (Å²) in [5.41, 5.74) is 0. The van der Waals surface area contributed by atoms with Crippen LogP contribution in [0.1, 0.15) is 18.7 Å². The summed E-state index contributed by atoms with van der Waals surface area (Å²) in [7, 11) is 0. The Kier molecular flexibility index (Phi) is 8.42. The van der Waals surface area contributed by atoms with E-state index in [2.05, 4.69) is 51.8 Å². The van der Waals surface area contributed by atoms with E-state index in [-0.39, 0.29) is 0 Å². The first-order valence-corrected chi connectivity index (χ1v) is 9.69. The lowest BCUT2D eigenvalue weighted by Crippen LogP contribution is -2.47. The van der Waals surface area contributed by atoms with Gasteiger partial charge in [-0.15, -0.1) is 11.3 Å². The van der Waals surface area contributed by atoms with Crippen LogP contribution >= 0.6 is 11.3 Å². The molecule has 0 amide bonds. The summed E-state index contributed by atoms with van der Waals surface area (Å²) in [6.45, 7) is 14.0. The number of nitrogens with zero attached hydrogens (tertiary/aromatic N) is 3. The molecule has 0 radical (unpaired) electrons. The second kappa shape index (κ2) is 10.6. The minimum Gasteiger partial charge on any atom is -0.357 e. The van der Waals surface area contributed by atoms with E-state index in [9.17, 15) is 0 Å². The number of rotatable bonds is 8. The van der Waals surface area contributed by atoms with Crippen LogP contribution < -0.4 is 10.6 Å². The third-order valence-electron chi connectivity index (χ3n) is 4.19. The SMILES string of the molecule is CCNC(=NCCN1CCN(CC)CC1)NCCc1cccs1. The van der Waals surface area contributed by atoms with Gasteiger partial charge >= 0.3 is 0 Å². The topological polar surface area (TPSA) is 42.9 Å². The molecule has 0 atom stereocenters. The van der Waals surface area contributed by atoms with Gasteiger partial charge in [0, 0.05) is 50.7 Å². The standard InChI is InChI=1S/C17H31N5S/c1-3-18-17(19-8-7-16-6-5-15-23-16)20-9-10-22-13-11-21(4-2)12-14-22/h5-6,15H,3-4,7-14H2,1-2H3,(H2,18,19,20). The van der Waals surface area contributed by atoms with Gasteiger partial charge in [-0.1, -0.05) is 13.0 Å². The molecule has 5 nitrogen and oxygen atoms in total. The molecule has 1 aromatic heterocycles. The molecular formula is C17H31N5S. The second-order valence-electron chi connectivity index (χ2n) is 5.79. The lowest BCUT2D eigenvalue weighted by atomic mass is 10.3. The van der Waals surface area contributed by atoms with Gasteiger partial charge in [0.15, 0.2) is 5.96 Å². The van der Waals surface area contributed by atoms with Crippen molar-refractivity contribution in [3.63, 3.8) is 0 Å². The summed E-state index contributed by atoms with van der Waals surface area (Å²) in [4.78, 5) is 11.2. The van der Waals surface area contributed by atoms with Crippen molar-refractivity contribution in [1.29, 1.82) is 0 Å². The minimum absolute atomic E-state index is 0.862. The van der Waals surface area contributed by atoms with E-state index in [1.807, 2.05) is 11.3 Å². The van der Waals surface area contributed by atoms with Crippen LogP contribution in [0.4, 0.5) is 0 Å². The number of piperazine rings is 1. The molecule has 6 heteroatoms. The number of guanidine groups is 1. The van der Waals surface area contributed by atoms with Gasteiger partial charge < -0.3 is 15.5 Å². The van der Waals surface area contributed by atoms with Crippen molar-refractivity contribution in [3.8, 4) is 0 Å². The van der Waals surface area contributed by atoms with E-state index in [1.165, 1.54) is 37.6 Å². The van der Waals surface area contributed by atoms with Crippen molar-refractivity contribution in [1.82, 2.24) is 20.4 Å². The zero-order valence-electron chi connectivity index (χ0n) is 14.6. The lowest BCUT2D eigenvalue weighted by Gasteiger charge is -2.33. The molecule has 2 rings (SSSR count). The highest BCUT2D eigenvalue weighted by atomic mass is 32.1. The van der Waals surface area contributed by atoms with Gasteiger partial charge in [-0.3, -0.25) is 9.89 Å². The number of nitrogens with one attached hydrogen (secondary N) is 2. The molecule has 1 aliphatic rings. The van der Waals surface area contributed by atoms with E-state index in [0.717, 1.165) is 38.6 Å². The minimum atomic E-state index is 0.862. The third kappa shape index (κ3) is 6.89. The summed E-state index contributed by atoms with van der Waals surface area (Å²) in [5.74, 6) is 0.941. The highest BCUT2D eigenvalue weighted by Crippen LogP contribution is 2.08. The Hall–Kier alpha value is -1.11. The molecular weight excluding hydrogens is 306 g/mol. The Morgan fingerprint density at radius 3 is 2.61 bits per heavy atom. The van der Waals surface area contributed by atoms with Crippen LogP contribution in [0.2, 0.25) is 0 Å². The van der Waals surface area contributed by atoms with Gasteiger partial charge in [0.25, 0.3) is 0 Å². The molecule has 2 N–H and O–H groups in total. The molecule has 0 saturated carbocycles. The highest BCUT2D eigenvalue weighted by Gasteiger charge is 2.14. The maximum Gasteiger partial charge on any atom is 0.191 e. The number of thiophene rings is 1. The summed E-state index contributed by atoms with van der Waals surface area (Å²) in [6.07, 6.45) is 1.06. The van der Waals surface area contributed by atoms with Crippen molar-refractivity contribution in [2.45, 2.75) is 20.3 Å². The fourth-order valence-corrected chi connectivity index (χ4v) is 3.44. The first-order valence-electron chi connectivity index (χ1n) is 8.81. The summed E-state index contributed by atoms with van der Waals surface area (Å²) < 4.78 is 0. The van der Waals surface area contributed by atoms with Gasteiger partial charge in [-0.2, -0.15) is 0 Å². The Bertz CT molecular complexity index is 438. The average molecular weight is 338 g/mol. The number of likely N-dealkylation sites (N-methyl/N-ethyl adjacent to an activating group) is 1. The maximum absolute atomic E-state index is 4.71. The maximum atomic E-state index is 4.71. The van der Waals surface area contributed by atoms with E-state index in [4.69, 9.17) is 4.99 Å². The molecule has 2 heterocycles. The van der Waals surface area contributed by atoms with Crippen molar-refractivity contribution < 1.29 is 0 Å². The largest absolute Gasteiger partial charge is 0.357 e. The molecule has 0 unspecified atom stereocenters. The van der Waals surface area contributed by atoms with Crippen molar-refractivity contribution in [2.75, 3.05) is 58.9 Å². The van der Waals surface area contributed by atoms with Crippen LogP contribution in [-0.4, -0.2) is 74.7 Å². The predicted octanol–water partition coefficient (Wildman–Crippen LogP) is 1.48. The van der Waals surface area contributed by atoms with Crippen LogP contribution in [0.25, 0.3) is 0 Å². The van der Waals surface area contributed by atoms with Crippen LogP contribution in [0.15, 0.2) is 22.5 Å². The zero-order valence-corrected chi connectivity index (χ0v) is 15.4. The molecule has 0 aliphatic carbocycles. The molecule has 130 valence electrons. The fraction of sp³-hybridized carbons (Fsp3) is 0.706. The van der Waals surface area contributed by atoms with Crippen molar-refractivity contribution in [2.24, 2.45) is 4.99 Å². The van der Waals surface area contributed by atoms with Gasteiger partial charge in [-0.05, 0) is 31.3 Å². The van der Waals surface area contributed by atoms with Crippen LogP contribution in [0, 0.1) is 0 Å². The monoisotopic (exact) mass is 337 g/mol. The number of aliphatic imine (C=N–C) groups is 1. The summed E-state index contributed by atoms with van der Waals surface area (Å²) in [6, 6.07) is 4.30. The van der Waals surface area contributed by atoms with Gasteiger partial charge in [0.05, 0.1) is 6.54 Å². The lowest BCUT2D eigenvalue weighted by molar-refractivity contribution is 0.140. The fourth-order valence-electron chi connectivity index (χ4n) is 2.73. The summed E-state index contributed by atoms with van der Waals surface area (Å²) >= 11 is 1.82. The van der Waals surface area contributed by atoms with E-state index < -0.39 is 0 Å². The molecule has 1 aliphatic heterocycles. The van der Waals surface area contributed by atoms with Crippen LogP contribution in [0.5, 0.6) is 0 Å². The Balaban J connectivity index is 1.66. The average Bonchev–Trinajstić information content (AvgIpc) is 3.09. The smallest absolute Gasteiger partial charge is 0.191 e. The van der Waals surface area contributed by atoms with E-state index in [0.29, 0.717) is 0 Å². The Labute approximate surface area is 144 Å². The quantitative estimate of drug-likeness (QED) is 0.557. The normalized spacial score (nSPS) is 17.4. The van der Waals surface area contributed by atoms with Gasteiger partial charge in [0.2, 0.25) is 0 Å². The van der Waals surface area contributed by atoms with Crippen LogP contribution in [0.3, 0.4) is 0 Å². The Morgan fingerprint density at radius 1 is 1.17 bits per heavy atom. The van der Waals surface area contributed by atoms with Crippen molar-refractivity contribution in [3.05, 3.63) is 22.4 Å². The highest BCUT2D eigenvalue weighted by molar-refractivity contribution is 7.09. The molecule has 0 bridgehead atoms. The Morgan fingerprint density at radius 2 is 1.96 bits per heavy atom. The second-order valence-corrected chi connectivity index (χ2v) is 6.82. The van der Waals surface area contributed by atoms with E-state index >= 15 is 0 Å². The molecule has 23 heavy (non-hydrogen) atoms. The molecule has 0 aromatic carbocycles.